The molecule has 0 spiro atoms. The molecular weight excluding hydrogens is 409 g/mol. The zero-order chi connectivity index (χ0) is 21.8. The molecule has 10 heteroatoms. The molecule has 0 aliphatic carbocycles. The van der Waals surface area contributed by atoms with Gasteiger partial charge in [0.15, 0.2) is 5.65 Å². The van der Waals surface area contributed by atoms with Crippen molar-refractivity contribution in [2.75, 3.05) is 10.6 Å². The number of anilines is 2. The third kappa shape index (κ3) is 4.80. The van der Waals surface area contributed by atoms with Crippen molar-refractivity contribution < 1.29 is 18.0 Å². The minimum Gasteiger partial charge on any atom is -0.357 e. The van der Waals surface area contributed by atoms with E-state index in [1.165, 1.54) is 12.1 Å². The summed E-state index contributed by atoms with van der Waals surface area (Å²) >= 11 is 0. The van der Waals surface area contributed by atoms with Gasteiger partial charge in [-0.3, -0.25) is 4.79 Å². The van der Waals surface area contributed by atoms with Gasteiger partial charge < -0.3 is 10.6 Å². The Labute approximate surface area is 174 Å². The minimum atomic E-state index is -4.71. The number of alkyl halides is 3. The molecule has 4 aromatic rings. The van der Waals surface area contributed by atoms with Gasteiger partial charge in [-0.05, 0) is 29.8 Å². The van der Waals surface area contributed by atoms with Crippen LogP contribution in [0.1, 0.15) is 11.4 Å². The van der Waals surface area contributed by atoms with Gasteiger partial charge in [-0.15, -0.1) is 15.3 Å². The molecule has 1 amide bonds. The van der Waals surface area contributed by atoms with Gasteiger partial charge in [-0.1, -0.05) is 48.5 Å². The number of fused-ring (bicyclic) bond motifs is 1. The fraction of sp³-hybridized carbons (Fsp3) is 0.143. The summed E-state index contributed by atoms with van der Waals surface area (Å²) in [5.41, 5.74) is 1.43. The number of amides is 1. The Morgan fingerprint density at radius 1 is 0.935 bits per heavy atom. The van der Waals surface area contributed by atoms with E-state index in [1.54, 1.807) is 24.3 Å². The van der Waals surface area contributed by atoms with Crippen molar-refractivity contribution in [1.29, 1.82) is 0 Å². The van der Waals surface area contributed by atoms with Crippen molar-refractivity contribution >= 4 is 23.1 Å². The molecule has 0 radical (unpaired) electrons. The molecule has 2 heterocycles. The van der Waals surface area contributed by atoms with Crippen molar-refractivity contribution in [2.24, 2.45) is 0 Å². The van der Waals surface area contributed by atoms with E-state index in [0.717, 1.165) is 5.56 Å². The van der Waals surface area contributed by atoms with E-state index in [9.17, 15) is 18.0 Å². The van der Waals surface area contributed by atoms with Crippen molar-refractivity contribution in [1.82, 2.24) is 19.8 Å². The maximum Gasteiger partial charge on any atom is 0.453 e. The third-order valence-electron chi connectivity index (χ3n) is 4.48. The van der Waals surface area contributed by atoms with Crippen LogP contribution in [0.25, 0.3) is 5.65 Å². The highest BCUT2D eigenvalue weighted by atomic mass is 19.4. The standard InChI is InChI=1S/C21H17F3N6O/c22-21(23,24)20-28-27-18-12-11-17(29-30(18)20)26-16(13-14-7-3-1-4-8-14)19(31)25-15-9-5-2-6-10-15/h1-12,16H,13H2,(H,25,31)(H,26,29)/t16-/m1/s1. The summed E-state index contributed by atoms with van der Waals surface area (Å²) in [6.45, 7) is 0. The van der Waals surface area contributed by atoms with E-state index in [2.05, 4.69) is 25.9 Å². The first-order valence-electron chi connectivity index (χ1n) is 9.36. The van der Waals surface area contributed by atoms with Crippen molar-refractivity contribution in [3.8, 4) is 0 Å². The second-order valence-electron chi connectivity index (χ2n) is 6.75. The number of halogens is 3. The van der Waals surface area contributed by atoms with Crippen molar-refractivity contribution in [3.05, 3.63) is 84.2 Å². The van der Waals surface area contributed by atoms with Crippen LogP contribution in [0.15, 0.2) is 72.8 Å². The quantitative estimate of drug-likeness (QED) is 0.490. The lowest BCUT2D eigenvalue weighted by atomic mass is 10.1. The van der Waals surface area contributed by atoms with E-state index in [0.29, 0.717) is 16.6 Å². The van der Waals surface area contributed by atoms with Crippen LogP contribution in [-0.2, 0) is 17.4 Å². The maximum atomic E-state index is 13.2. The highest BCUT2D eigenvalue weighted by molar-refractivity contribution is 5.96. The number of hydrogen-bond acceptors (Lipinski definition) is 5. The molecule has 2 N–H and O–H groups in total. The first-order chi connectivity index (χ1) is 14.9. The fourth-order valence-corrected chi connectivity index (χ4v) is 3.03. The summed E-state index contributed by atoms with van der Waals surface area (Å²) in [4.78, 5) is 12.9. The lowest BCUT2D eigenvalue weighted by molar-refractivity contribution is -0.146. The number of carbonyl (C=O) groups is 1. The number of benzene rings is 2. The van der Waals surface area contributed by atoms with E-state index < -0.39 is 18.0 Å². The summed E-state index contributed by atoms with van der Waals surface area (Å²) in [7, 11) is 0. The predicted molar refractivity (Wildman–Crippen MR) is 108 cm³/mol. The van der Waals surface area contributed by atoms with Crippen molar-refractivity contribution in [3.63, 3.8) is 0 Å². The topological polar surface area (TPSA) is 84.2 Å². The number of para-hydroxylation sites is 1. The highest BCUT2D eigenvalue weighted by Crippen LogP contribution is 2.27. The first kappa shape index (κ1) is 20.3. The Morgan fingerprint density at radius 3 is 2.29 bits per heavy atom. The molecular formula is C21H17F3N6O. The van der Waals surface area contributed by atoms with E-state index in [-0.39, 0.29) is 17.4 Å². The van der Waals surface area contributed by atoms with Crippen LogP contribution in [0.4, 0.5) is 24.7 Å². The van der Waals surface area contributed by atoms with E-state index >= 15 is 0 Å². The fourth-order valence-electron chi connectivity index (χ4n) is 3.03. The molecule has 31 heavy (non-hydrogen) atoms. The number of rotatable bonds is 6. The number of nitrogens with one attached hydrogen (secondary N) is 2. The molecule has 0 saturated heterocycles. The van der Waals surface area contributed by atoms with Crippen LogP contribution in [-0.4, -0.2) is 31.8 Å². The molecule has 0 saturated carbocycles. The molecule has 0 bridgehead atoms. The minimum absolute atomic E-state index is 0.0498. The largest absolute Gasteiger partial charge is 0.453 e. The Morgan fingerprint density at radius 2 is 1.61 bits per heavy atom. The average Bonchev–Trinajstić information content (AvgIpc) is 3.18. The molecule has 0 aliphatic heterocycles. The number of hydrogen-bond donors (Lipinski definition) is 2. The van der Waals surface area contributed by atoms with Crippen LogP contribution in [0.3, 0.4) is 0 Å². The lowest BCUT2D eigenvalue weighted by Gasteiger charge is -2.19. The maximum absolute atomic E-state index is 13.2. The Balaban J connectivity index is 1.62. The van der Waals surface area contributed by atoms with Gasteiger partial charge in [0.05, 0.1) is 0 Å². The smallest absolute Gasteiger partial charge is 0.357 e. The molecule has 1 atom stereocenters. The van der Waals surface area contributed by atoms with Gasteiger partial charge >= 0.3 is 6.18 Å². The lowest BCUT2D eigenvalue weighted by Crippen LogP contribution is -2.37. The zero-order valence-electron chi connectivity index (χ0n) is 16.0. The van der Waals surface area contributed by atoms with Gasteiger partial charge in [0.2, 0.25) is 5.91 Å². The molecule has 7 nitrogen and oxygen atoms in total. The Kier molecular flexibility index (Phi) is 5.52. The van der Waals surface area contributed by atoms with E-state index in [1.807, 2.05) is 36.4 Å². The van der Waals surface area contributed by atoms with Crippen LogP contribution >= 0.6 is 0 Å². The molecule has 4 rings (SSSR count). The molecule has 2 aromatic heterocycles. The first-order valence-corrected chi connectivity index (χ1v) is 9.36. The molecule has 2 aromatic carbocycles. The monoisotopic (exact) mass is 426 g/mol. The normalized spacial score (nSPS) is 12.5. The summed E-state index contributed by atoms with van der Waals surface area (Å²) in [5.74, 6) is -1.50. The SMILES string of the molecule is O=C(Nc1ccccc1)[C@@H](Cc1ccccc1)Nc1ccc2nnc(C(F)(F)F)n2n1. The van der Waals surface area contributed by atoms with Gasteiger partial charge in [-0.2, -0.15) is 17.7 Å². The van der Waals surface area contributed by atoms with Crippen LogP contribution in [0.2, 0.25) is 0 Å². The molecule has 158 valence electrons. The van der Waals surface area contributed by atoms with Gasteiger partial charge in [0, 0.05) is 12.1 Å². The number of nitrogens with zero attached hydrogens (tertiary/aromatic N) is 4. The summed E-state index contributed by atoms with van der Waals surface area (Å²) in [6.07, 6.45) is -4.41. The third-order valence-corrected chi connectivity index (χ3v) is 4.48. The molecule has 0 unspecified atom stereocenters. The van der Waals surface area contributed by atoms with E-state index in [4.69, 9.17) is 0 Å². The van der Waals surface area contributed by atoms with Crippen LogP contribution < -0.4 is 10.6 Å². The number of carbonyl (C=O) groups excluding carboxylic acids is 1. The second kappa shape index (κ2) is 8.42. The summed E-state index contributed by atoms with van der Waals surface area (Å²) < 4.78 is 40.1. The number of aromatic nitrogens is 4. The van der Waals surface area contributed by atoms with Gasteiger partial charge in [0.25, 0.3) is 5.82 Å². The van der Waals surface area contributed by atoms with Gasteiger partial charge in [0.1, 0.15) is 11.9 Å². The second-order valence-corrected chi connectivity index (χ2v) is 6.75. The average molecular weight is 426 g/mol. The Bertz CT molecular complexity index is 1180. The highest BCUT2D eigenvalue weighted by Gasteiger charge is 2.37. The molecule has 0 fully saturated rings. The Hall–Kier alpha value is -3.95. The zero-order valence-corrected chi connectivity index (χ0v) is 16.0. The van der Waals surface area contributed by atoms with Crippen LogP contribution in [0.5, 0.6) is 0 Å². The molecule has 0 aliphatic rings. The summed E-state index contributed by atoms with van der Waals surface area (Å²) in [6, 6.07) is 20.2. The predicted octanol–water partition coefficient (Wildman–Crippen LogP) is 3.81. The van der Waals surface area contributed by atoms with Crippen LogP contribution in [0, 0.1) is 0 Å². The van der Waals surface area contributed by atoms with Crippen molar-refractivity contribution in [2.45, 2.75) is 18.6 Å². The summed E-state index contributed by atoms with van der Waals surface area (Å²) in [5, 5.41) is 16.4. The van der Waals surface area contributed by atoms with Gasteiger partial charge in [-0.25, -0.2) is 0 Å².